The molecule has 4 amide bonds. The molecule has 4 atom stereocenters. The summed E-state index contributed by atoms with van der Waals surface area (Å²) >= 11 is 6.45. The van der Waals surface area contributed by atoms with Crippen LogP contribution >= 0.6 is 45.3 Å². The molecule has 4 fully saturated rings. The number of nitrogens with two attached hydrogens (primary N) is 2. The predicted octanol–water partition coefficient (Wildman–Crippen LogP) is 18.8. The van der Waals surface area contributed by atoms with Crippen LogP contribution in [0, 0.1) is 88.5 Å². The summed E-state index contributed by atoms with van der Waals surface area (Å²) in [5, 5.41) is 22.4. The maximum atomic E-state index is 13.8. The van der Waals surface area contributed by atoms with Crippen molar-refractivity contribution in [1.82, 2.24) is 98.6 Å². The smallest absolute Gasteiger partial charge is 0.245 e. The van der Waals surface area contributed by atoms with Crippen molar-refractivity contribution in [2.75, 3.05) is 50.7 Å². The van der Waals surface area contributed by atoms with Gasteiger partial charge in [-0.25, -0.2) is 76.2 Å². The Morgan fingerprint density at radius 3 is 0.978 bits per heavy atom. The molecule has 20 rings (SSSR count). The van der Waals surface area contributed by atoms with Gasteiger partial charge in [0, 0.05) is 143 Å². The molecule has 0 saturated heterocycles. The highest BCUT2D eigenvalue weighted by Crippen LogP contribution is 2.43. The highest BCUT2D eigenvalue weighted by Gasteiger charge is 2.37. The monoisotopic (exact) mass is 1900 g/mol. The fourth-order valence-electron chi connectivity index (χ4n) is 20.4. The molecule has 12 aromatic rings. The summed E-state index contributed by atoms with van der Waals surface area (Å²) in [5.41, 5.74) is 21.3. The van der Waals surface area contributed by atoms with Gasteiger partial charge < -0.3 is 31.1 Å². The quantitative estimate of drug-likeness (QED) is 0.0849. The van der Waals surface area contributed by atoms with Crippen LogP contribution < -0.4 is 11.5 Å². The number of carbonyl (C=O) groups is 4. The molecule has 26 nitrogen and oxygen atoms in total. The Morgan fingerprint density at radius 2 is 0.634 bits per heavy atom. The summed E-state index contributed by atoms with van der Waals surface area (Å²) in [6.45, 7) is 25.9. The number of anilines is 2. The molecule has 708 valence electrons. The average molecular weight is 1900 g/mol. The maximum Gasteiger partial charge on any atom is 0.245 e. The minimum absolute atomic E-state index is 0.0324. The first-order valence-corrected chi connectivity index (χ1v) is 51.1. The normalized spacial score (nSPS) is 20.7. The van der Waals surface area contributed by atoms with Gasteiger partial charge in [-0.2, -0.15) is 20.4 Å². The third kappa shape index (κ3) is 22.1. The van der Waals surface area contributed by atoms with Crippen molar-refractivity contribution >= 4 is 79.2 Å². The Balaban J connectivity index is 0.000000124. The summed E-state index contributed by atoms with van der Waals surface area (Å²) in [6.07, 6.45) is 22.7. The van der Waals surface area contributed by atoms with Crippen LogP contribution in [0.3, 0.4) is 0 Å². The van der Waals surface area contributed by atoms with E-state index in [1.165, 1.54) is 85.7 Å². The number of thiazole rings is 4. The van der Waals surface area contributed by atoms with E-state index < -0.39 is 0 Å². The molecule has 0 radical (unpaired) electrons. The van der Waals surface area contributed by atoms with E-state index in [1.54, 1.807) is 113 Å². The van der Waals surface area contributed by atoms with Gasteiger partial charge in [-0.15, -0.1) is 45.3 Å². The van der Waals surface area contributed by atoms with Crippen LogP contribution in [-0.4, -0.2) is 161 Å². The van der Waals surface area contributed by atoms with Crippen molar-refractivity contribution in [3.8, 4) is 45.6 Å². The number of rotatable bonds is 16. The zero-order valence-electron chi connectivity index (χ0n) is 78.5. The van der Waals surface area contributed by atoms with E-state index >= 15 is 0 Å². The fraction of sp³-hybridized carbons (Fsp3) is 0.520. The van der Waals surface area contributed by atoms with Crippen molar-refractivity contribution in [2.24, 2.45) is 23.7 Å². The number of carbonyl (C=O) groups excluding carboxylic acids is 4. The van der Waals surface area contributed by atoms with E-state index in [0.29, 0.717) is 126 Å². The van der Waals surface area contributed by atoms with E-state index in [1.807, 2.05) is 38.1 Å². The van der Waals surface area contributed by atoms with Gasteiger partial charge in [0.25, 0.3) is 0 Å². The number of nitrogens with zero attached hydrogens (tertiary/aromatic N) is 20. The molecule has 34 heteroatoms. The Morgan fingerprint density at radius 1 is 0.336 bits per heavy atom. The fourth-order valence-corrected chi connectivity index (χ4v) is 24.0. The molecule has 134 heavy (non-hydrogen) atoms. The lowest BCUT2D eigenvalue weighted by atomic mass is 9.80. The van der Waals surface area contributed by atoms with Crippen molar-refractivity contribution in [1.29, 1.82) is 0 Å². The van der Waals surface area contributed by atoms with Gasteiger partial charge >= 0.3 is 0 Å². The van der Waals surface area contributed by atoms with Crippen molar-refractivity contribution < 1.29 is 36.7 Å². The van der Waals surface area contributed by atoms with E-state index in [9.17, 15) is 36.7 Å². The lowest BCUT2D eigenvalue weighted by Gasteiger charge is -2.28. The van der Waals surface area contributed by atoms with Crippen LogP contribution in [0.4, 0.5) is 27.8 Å². The van der Waals surface area contributed by atoms with E-state index in [2.05, 4.69) is 47.6 Å². The number of amides is 4. The molecule has 4 N–H and O–H groups in total. The van der Waals surface area contributed by atoms with Gasteiger partial charge in [-0.3, -0.25) is 19.2 Å². The van der Waals surface area contributed by atoms with Gasteiger partial charge in [-0.05, 0) is 199 Å². The molecule has 12 heterocycles. The Bertz CT molecular complexity index is 5960. The molecular formula is C100H122F4N22O4S4. The molecule has 8 aromatic heterocycles. The molecule has 4 unspecified atom stereocenters. The van der Waals surface area contributed by atoms with E-state index in [-0.39, 0.29) is 90.8 Å². The molecule has 8 aliphatic rings. The van der Waals surface area contributed by atoms with Gasteiger partial charge in [-0.1, -0.05) is 91.9 Å². The second-order valence-electron chi connectivity index (χ2n) is 38.3. The number of fused-ring (bicyclic) bond motifs is 4. The standard InChI is InChI=1S/C26H32FN5OS.2C25H31FN6OS.C24H28FN5OS/c1-16-6-4-5-7-20(16)26-29-25(19-8-9-21(27)17(2)14-19)30-32(26)15-24(33)31-12-10-22-23(11-13-31)34-18(3)28-22;1-15-3-5-17(6-4-15)24-29-23(18-7-8-19(26)16(2)13-18)30-32(24)14-22(33)31-11-9-20-21(10-12-31)34-25(27)28-20;1-15-5-3-4-6-18(15)24-29-23(17-7-8-19(26)16(2)13-17)30-32(24)14-22(33)31-11-9-20-21(10-12-31)34-25(27)28-20;1-14-4-6-17(7-5-14)24-27-23(18-8-9-19(25)15(2)10-18)28-30(24)13-22(31)29-11-20-21(12-29)32-16(3)26-20/h8-9,14,16,20H,4-7,10-13,15H2,1-3H3;7-8,13,15,17H,3-6,9-12,14H2,1-2H3,(H2,27,28);7-8,13,15,18H,3-6,9-12,14H2,1-2H3,(H2,27,28);8-10,14,17H,4-7,11-13H2,1-3H3. The lowest BCUT2D eigenvalue weighted by Crippen LogP contribution is -2.36. The number of hydrogen-bond acceptors (Lipinski definition) is 22. The lowest BCUT2D eigenvalue weighted by molar-refractivity contribution is -0.133. The number of benzene rings is 4. The summed E-state index contributed by atoms with van der Waals surface area (Å²) in [6, 6.07) is 19.8. The van der Waals surface area contributed by atoms with Crippen LogP contribution in [-0.2, 0) is 97.0 Å². The van der Waals surface area contributed by atoms with Crippen LogP contribution in [0.1, 0.15) is 252 Å². The Hall–Kier alpha value is -10.8. The number of hydrogen-bond donors (Lipinski definition) is 2. The number of aromatic nitrogens is 16. The molecule has 4 saturated carbocycles. The second-order valence-corrected chi connectivity index (χ2v) is 43.1. The van der Waals surface area contributed by atoms with E-state index in [4.69, 9.17) is 51.8 Å². The van der Waals surface area contributed by atoms with Gasteiger partial charge in [0.05, 0.1) is 45.9 Å². The molecule has 4 aliphatic heterocycles. The molecule has 0 spiro atoms. The first-order chi connectivity index (χ1) is 64.5. The van der Waals surface area contributed by atoms with Gasteiger partial charge in [0.2, 0.25) is 23.6 Å². The minimum atomic E-state index is -0.245. The van der Waals surface area contributed by atoms with Crippen LogP contribution in [0.2, 0.25) is 0 Å². The molecule has 4 aliphatic carbocycles. The van der Waals surface area contributed by atoms with Gasteiger partial charge in [0.15, 0.2) is 33.6 Å². The first-order valence-electron chi connectivity index (χ1n) is 47.9. The van der Waals surface area contributed by atoms with Crippen LogP contribution in [0.15, 0.2) is 72.8 Å². The molecular weight excluding hydrogens is 1780 g/mol. The van der Waals surface area contributed by atoms with Crippen LogP contribution in [0.5, 0.6) is 0 Å². The number of halogens is 4. The minimum Gasteiger partial charge on any atom is -0.375 e. The zero-order valence-corrected chi connectivity index (χ0v) is 81.7. The average Bonchev–Trinajstić information content (AvgIpc) is 1.65. The highest BCUT2D eigenvalue weighted by atomic mass is 32.1. The Labute approximate surface area is 796 Å². The Kier molecular flexibility index (Phi) is 29.6. The largest absolute Gasteiger partial charge is 0.375 e. The summed E-state index contributed by atoms with van der Waals surface area (Å²) < 4.78 is 62.5. The second kappa shape index (κ2) is 41.8. The third-order valence-corrected chi connectivity index (χ3v) is 32.4. The number of nitrogen functional groups attached to an aromatic ring is 2. The van der Waals surface area contributed by atoms with Gasteiger partial charge in [0.1, 0.15) is 72.7 Å². The first kappa shape index (κ1) is 94.9. The maximum absolute atomic E-state index is 13.8. The predicted molar refractivity (Wildman–Crippen MR) is 515 cm³/mol. The third-order valence-electron chi connectivity index (χ3n) is 28.4. The molecule has 4 aromatic carbocycles. The SMILES string of the molecule is Cc1cc(-c2nc(C3CCC(C)CC3)n(CC(=O)N3CCc4nc(N)sc4CC3)n2)ccc1F.Cc1cc(-c2nc(C3CCCCC3C)n(CC(=O)N3CCc4nc(N)sc4CC3)n2)ccc1F.Cc1nc2c(s1)CCN(C(=O)Cn1nc(-c3ccc(F)c(C)c3)nc1C1CCCCC1C)CC2.Cc1nc2c(s1)CN(C(=O)Cn1nc(-c3ccc(F)c(C)c3)nc1C1CCC(C)CC1)C2. The topological polar surface area (TPSA) is 308 Å². The molecule has 0 bridgehead atoms. The van der Waals surface area contributed by atoms with Crippen molar-refractivity contribution in [2.45, 2.75) is 273 Å². The summed E-state index contributed by atoms with van der Waals surface area (Å²) in [4.78, 5) is 103. The van der Waals surface area contributed by atoms with Crippen LogP contribution in [0.25, 0.3) is 45.6 Å². The summed E-state index contributed by atoms with van der Waals surface area (Å²) in [7, 11) is 0. The zero-order chi connectivity index (χ0) is 93.9. The number of aryl methyl sites for hydroxylation is 6. The van der Waals surface area contributed by atoms with Crippen molar-refractivity contribution in [3.63, 3.8) is 0 Å². The highest BCUT2D eigenvalue weighted by molar-refractivity contribution is 7.15. The van der Waals surface area contributed by atoms with Crippen molar-refractivity contribution in [3.05, 3.63) is 194 Å². The van der Waals surface area contributed by atoms with E-state index in [0.717, 1.165) is 212 Å². The summed E-state index contributed by atoms with van der Waals surface area (Å²) in [5.74, 6) is 8.56.